The van der Waals surface area contributed by atoms with Crippen LogP contribution >= 0.6 is 11.6 Å². The number of carbonyl (C=O) groups is 1. The molecular formula is C25H25ClN2O3. The van der Waals surface area contributed by atoms with E-state index in [9.17, 15) is 4.79 Å². The van der Waals surface area contributed by atoms with E-state index < -0.39 is 0 Å². The number of nitrogens with one attached hydrogen (secondary N) is 1. The topological polar surface area (TPSA) is 59.9 Å². The second-order valence-electron chi connectivity index (χ2n) is 6.98. The van der Waals surface area contributed by atoms with Crippen molar-refractivity contribution in [1.82, 2.24) is 5.43 Å². The van der Waals surface area contributed by atoms with E-state index in [1.807, 2.05) is 30.3 Å². The molecule has 0 heterocycles. The van der Waals surface area contributed by atoms with Gasteiger partial charge in [-0.25, -0.2) is 5.43 Å². The zero-order valence-corrected chi connectivity index (χ0v) is 18.4. The first-order valence-electron chi connectivity index (χ1n) is 10.1. The van der Waals surface area contributed by atoms with Gasteiger partial charge in [0, 0.05) is 10.6 Å². The molecule has 3 aromatic rings. The van der Waals surface area contributed by atoms with Gasteiger partial charge < -0.3 is 9.47 Å². The number of rotatable bonds is 9. The summed E-state index contributed by atoms with van der Waals surface area (Å²) < 4.78 is 11.5. The number of hydrazone groups is 1. The molecule has 31 heavy (non-hydrogen) atoms. The lowest BCUT2D eigenvalue weighted by Gasteiger charge is -2.10. The quantitative estimate of drug-likeness (QED) is 0.276. The second kappa shape index (κ2) is 11.2. The average Bonchev–Trinajstić information content (AvgIpc) is 2.77. The smallest absolute Gasteiger partial charge is 0.271 e. The Morgan fingerprint density at radius 1 is 1.00 bits per heavy atom. The van der Waals surface area contributed by atoms with E-state index in [2.05, 4.69) is 36.5 Å². The summed E-state index contributed by atoms with van der Waals surface area (Å²) in [6, 6.07) is 20.4. The first kappa shape index (κ1) is 22.4. The Morgan fingerprint density at radius 2 is 1.74 bits per heavy atom. The largest absolute Gasteiger partial charge is 0.490 e. The van der Waals surface area contributed by atoms with Crippen molar-refractivity contribution in [1.29, 1.82) is 0 Å². The SMILES string of the molecule is CCc1cc(C)cc(OCCOc2ccc(/C=N/NC(=O)c3cccc(Cl)c3)cc2)c1. The molecule has 1 N–H and O–H groups in total. The van der Waals surface area contributed by atoms with Crippen molar-refractivity contribution in [3.63, 3.8) is 0 Å². The van der Waals surface area contributed by atoms with Gasteiger partial charge in [-0.15, -0.1) is 0 Å². The molecule has 3 aromatic carbocycles. The fourth-order valence-corrected chi connectivity index (χ4v) is 3.13. The van der Waals surface area contributed by atoms with E-state index in [4.69, 9.17) is 21.1 Å². The number of ether oxygens (including phenoxy) is 2. The summed E-state index contributed by atoms with van der Waals surface area (Å²) in [5.74, 6) is 1.28. The average molecular weight is 437 g/mol. The third kappa shape index (κ3) is 7.15. The van der Waals surface area contributed by atoms with E-state index in [0.29, 0.717) is 23.8 Å². The van der Waals surface area contributed by atoms with Crippen molar-refractivity contribution in [3.8, 4) is 11.5 Å². The molecule has 6 heteroatoms. The number of halogens is 1. The molecule has 0 spiro atoms. The van der Waals surface area contributed by atoms with E-state index in [-0.39, 0.29) is 5.91 Å². The molecule has 0 bridgehead atoms. The minimum atomic E-state index is -0.321. The number of hydrogen-bond donors (Lipinski definition) is 1. The monoisotopic (exact) mass is 436 g/mol. The first-order chi connectivity index (χ1) is 15.0. The van der Waals surface area contributed by atoms with E-state index in [1.165, 1.54) is 11.1 Å². The van der Waals surface area contributed by atoms with Gasteiger partial charge in [-0.3, -0.25) is 4.79 Å². The van der Waals surface area contributed by atoms with Crippen molar-refractivity contribution in [2.75, 3.05) is 13.2 Å². The number of benzene rings is 3. The Bertz CT molecular complexity index is 1050. The number of hydrogen-bond acceptors (Lipinski definition) is 4. The molecular weight excluding hydrogens is 412 g/mol. The summed E-state index contributed by atoms with van der Waals surface area (Å²) >= 11 is 5.89. The number of carbonyl (C=O) groups excluding carboxylic acids is 1. The molecule has 0 saturated carbocycles. The van der Waals surface area contributed by atoms with Crippen molar-refractivity contribution in [2.45, 2.75) is 20.3 Å². The Kier molecular flexibility index (Phi) is 8.07. The van der Waals surface area contributed by atoms with Crippen LogP contribution in [0.25, 0.3) is 0 Å². The molecule has 0 aliphatic heterocycles. The molecule has 0 saturated heterocycles. The molecule has 0 radical (unpaired) electrons. The van der Waals surface area contributed by atoms with Crippen LogP contribution in [0.1, 0.15) is 34.0 Å². The Hall–Kier alpha value is -3.31. The summed E-state index contributed by atoms with van der Waals surface area (Å²) in [6.45, 7) is 5.10. The van der Waals surface area contributed by atoms with Gasteiger partial charge in [-0.05, 0) is 84.6 Å². The molecule has 0 unspecified atom stereocenters. The lowest BCUT2D eigenvalue weighted by molar-refractivity contribution is 0.0955. The van der Waals surface area contributed by atoms with Gasteiger partial charge in [0.25, 0.3) is 5.91 Å². The van der Waals surface area contributed by atoms with Crippen LogP contribution < -0.4 is 14.9 Å². The highest BCUT2D eigenvalue weighted by Crippen LogP contribution is 2.17. The van der Waals surface area contributed by atoms with Gasteiger partial charge in [-0.1, -0.05) is 30.7 Å². The zero-order valence-electron chi connectivity index (χ0n) is 17.6. The van der Waals surface area contributed by atoms with Gasteiger partial charge in [0.15, 0.2) is 0 Å². The minimum Gasteiger partial charge on any atom is -0.490 e. The standard InChI is InChI=1S/C25H25ClN2O3/c1-3-19-13-18(2)14-24(15-19)31-12-11-30-23-9-7-20(8-10-23)17-27-28-25(29)21-5-4-6-22(26)16-21/h4-10,13-17H,3,11-12H2,1-2H3,(H,28,29)/b27-17+. The van der Waals surface area contributed by atoms with Crippen LogP contribution in [0.3, 0.4) is 0 Å². The summed E-state index contributed by atoms with van der Waals surface area (Å²) in [5, 5.41) is 4.48. The lowest BCUT2D eigenvalue weighted by Crippen LogP contribution is -2.17. The van der Waals surface area contributed by atoms with Gasteiger partial charge in [0.05, 0.1) is 6.21 Å². The van der Waals surface area contributed by atoms with Crippen molar-refractivity contribution in [2.24, 2.45) is 5.10 Å². The third-order valence-corrected chi connectivity index (χ3v) is 4.72. The van der Waals surface area contributed by atoms with Gasteiger partial charge >= 0.3 is 0 Å². The van der Waals surface area contributed by atoms with Gasteiger partial charge in [0.1, 0.15) is 24.7 Å². The Balaban J connectivity index is 1.43. The van der Waals surface area contributed by atoms with Crippen LogP contribution in [0.2, 0.25) is 5.02 Å². The molecule has 5 nitrogen and oxygen atoms in total. The van der Waals surface area contributed by atoms with Gasteiger partial charge in [-0.2, -0.15) is 5.10 Å². The normalized spacial score (nSPS) is 10.8. The van der Waals surface area contributed by atoms with E-state index in [1.54, 1.807) is 30.5 Å². The second-order valence-corrected chi connectivity index (χ2v) is 7.42. The van der Waals surface area contributed by atoms with E-state index >= 15 is 0 Å². The predicted molar refractivity (Wildman–Crippen MR) is 125 cm³/mol. The maximum atomic E-state index is 12.0. The predicted octanol–water partition coefficient (Wildman–Crippen LogP) is 5.43. The van der Waals surface area contributed by atoms with Crippen molar-refractivity contribution in [3.05, 3.63) is 94.0 Å². The van der Waals surface area contributed by atoms with Crippen LogP contribution in [0.15, 0.2) is 71.8 Å². The molecule has 0 aromatic heterocycles. The van der Waals surface area contributed by atoms with Crippen molar-refractivity contribution >= 4 is 23.7 Å². The minimum absolute atomic E-state index is 0.321. The molecule has 1 amide bonds. The summed E-state index contributed by atoms with van der Waals surface area (Å²) in [5.41, 5.74) is 6.22. The fraction of sp³-hybridized carbons (Fsp3) is 0.200. The fourth-order valence-electron chi connectivity index (χ4n) is 2.94. The Labute approximate surface area is 187 Å². The lowest BCUT2D eigenvalue weighted by atomic mass is 10.1. The van der Waals surface area contributed by atoms with Crippen LogP contribution in [-0.4, -0.2) is 25.3 Å². The highest BCUT2D eigenvalue weighted by Gasteiger charge is 2.04. The third-order valence-electron chi connectivity index (χ3n) is 4.49. The van der Waals surface area contributed by atoms with Crippen LogP contribution in [0.5, 0.6) is 11.5 Å². The van der Waals surface area contributed by atoms with Gasteiger partial charge in [0.2, 0.25) is 0 Å². The van der Waals surface area contributed by atoms with Crippen molar-refractivity contribution < 1.29 is 14.3 Å². The number of amides is 1. The molecule has 0 atom stereocenters. The maximum Gasteiger partial charge on any atom is 0.271 e. The molecule has 0 fully saturated rings. The summed E-state index contributed by atoms with van der Waals surface area (Å²) in [6.07, 6.45) is 2.55. The highest BCUT2D eigenvalue weighted by atomic mass is 35.5. The summed E-state index contributed by atoms with van der Waals surface area (Å²) in [4.78, 5) is 12.0. The molecule has 0 aliphatic rings. The van der Waals surface area contributed by atoms with Crippen LogP contribution in [-0.2, 0) is 6.42 Å². The summed E-state index contributed by atoms with van der Waals surface area (Å²) in [7, 11) is 0. The maximum absolute atomic E-state index is 12.0. The van der Waals surface area contributed by atoms with Crippen LogP contribution in [0.4, 0.5) is 0 Å². The van der Waals surface area contributed by atoms with E-state index in [0.717, 1.165) is 23.5 Å². The molecule has 160 valence electrons. The highest BCUT2D eigenvalue weighted by molar-refractivity contribution is 6.30. The Morgan fingerprint density at radius 3 is 2.45 bits per heavy atom. The zero-order chi connectivity index (χ0) is 22.1. The number of aryl methyl sites for hydroxylation is 2. The van der Waals surface area contributed by atoms with Crippen LogP contribution in [0, 0.1) is 6.92 Å². The first-order valence-corrected chi connectivity index (χ1v) is 10.5. The number of nitrogens with zero attached hydrogens (tertiary/aromatic N) is 1. The molecule has 0 aliphatic carbocycles. The molecule has 3 rings (SSSR count).